The van der Waals surface area contributed by atoms with Gasteiger partial charge in [-0.3, -0.25) is 25.8 Å². The molecule has 0 spiro atoms. The van der Waals surface area contributed by atoms with E-state index in [1.165, 1.54) is 5.56 Å². The summed E-state index contributed by atoms with van der Waals surface area (Å²) in [4.78, 5) is 24.3. The van der Waals surface area contributed by atoms with E-state index in [9.17, 15) is 9.59 Å². The predicted molar refractivity (Wildman–Crippen MR) is 124 cm³/mol. The van der Waals surface area contributed by atoms with Crippen molar-refractivity contribution < 1.29 is 19.1 Å². The highest BCUT2D eigenvalue weighted by Gasteiger charge is 2.11. The number of carbonyl (C=O) groups is 2. The van der Waals surface area contributed by atoms with Crippen LogP contribution in [0.1, 0.15) is 56.0 Å². The van der Waals surface area contributed by atoms with Crippen LogP contribution in [0.4, 0.5) is 0 Å². The maximum atomic E-state index is 12.3. The molecule has 0 bridgehead atoms. The van der Waals surface area contributed by atoms with Gasteiger partial charge in [0.05, 0.1) is 6.10 Å². The van der Waals surface area contributed by atoms with E-state index in [1.54, 1.807) is 24.3 Å². The number of nitrogens with one attached hydrogen (secondary N) is 3. The van der Waals surface area contributed by atoms with Gasteiger partial charge in [0.1, 0.15) is 11.5 Å². The first-order valence-corrected chi connectivity index (χ1v) is 10.6. The zero-order valence-corrected chi connectivity index (χ0v) is 19.0. The van der Waals surface area contributed by atoms with Crippen LogP contribution in [0.2, 0.25) is 0 Å². The SMILES string of the molecule is CCC(C)c1ccc(OCC(=O)NNC(=S)NC(=O)c2cccc(OC(C)C)c2)cc1. The molecule has 1 atom stereocenters. The monoisotopic (exact) mass is 443 g/mol. The number of thiocarbonyl (C=S) groups is 1. The van der Waals surface area contributed by atoms with Crippen LogP contribution in [0.3, 0.4) is 0 Å². The lowest BCUT2D eigenvalue weighted by molar-refractivity contribution is -0.123. The van der Waals surface area contributed by atoms with Gasteiger partial charge < -0.3 is 9.47 Å². The molecule has 2 aromatic carbocycles. The summed E-state index contributed by atoms with van der Waals surface area (Å²) in [6, 6.07) is 14.4. The van der Waals surface area contributed by atoms with Crippen LogP contribution in [0, 0.1) is 0 Å². The highest BCUT2D eigenvalue weighted by molar-refractivity contribution is 7.80. The second kappa shape index (κ2) is 11.9. The molecular formula is C23H29N3O4S. The third kappa shape index (κ3) is 8.25. The van der Waals surface area contributed by atoms with E-state index in [1.807, 2.05) is 38.1 Å². The molecule has 0 fully saturated rings. The quantitative estimate of drug-likeness (QED) is 0.426. The number of hydrogen-bond acceptors (Lipinski definition) is 5. The van der Waals surface area contributed by atoms with Crippen molar-refractivity contribution in [2.45, 2.75) is 46.1 Å². The lowest BCUT2D eigenvalue weighted by Crippen LogP contribution is -2.49. The van der Waals surface area contributed by atoms with Gasteiger partial charge in [-0.15, -0.1) is 0 Å². The molecular weight excluding hydrogens is 414 g/mol. The number of ether oxygens (including phenoxy) is 2. The lowest BCUT2D eigenvalue weighted by Gasteiger charge is -2.13. The molecule has 31 heavy (non-hydrogen) atoms. The lowest BCUT2D eigenvalue weighted by atomic mass is 9.99. The minimum absolute atomic E-state index is 0.00340. The molecule has 0 saturated heterocycles. The number of benzene rings is 2. The van der Waals surface area contributed by atoms with Gasteiger partial charge in [-0.05, 0) is 74.3 Å². The molecule has 0 radical (unpaired) electrons. The summed E-state index contributed by atoms with van der Waals surface area (Å²) in [7, 11) is 0. The molecule has 8 heteroatoms. The summed E-state index contributed by atoms with van der Waals surface area (Å²) >= 11 is 5.05. The summed E-state index contributed by atoms with van der Waals surface area (Å²) < 4.78 is 11.0. The first kappa shape index (κ1) is 24.1. The van der Waals surface area contributed by atoms with Gasteiger partial charge >= 0.3 is 0 Å². The Morgan fingerprint density at radius 3 is 2.35 bits per heavy atom. The third-order valence-electron chi connectivity index (χ3n) is 4.44. The molecule has 0 aliphatic carbocycles. The van der Waals surface area contributed by atoms with E-state index in [-0.39, 0.29) is 17.8 Å². The smallest absolute Gasteiger partial charge is 0.276 e. The fraction of sp³-hybridized carbons (Fsp3) is 0.348. The summed E-state index contributed by atoms with van der Waals surface area (Å²) in [6.45, 7) is 7.91. The number of rotatable bonds is 8. The summed E-state index contributed by atoms with van der Waals surface area (Å²) in [6.07, 6.45) is 1.05. The highest BCUT2D eigenvalue weighted by Crippen LogP contribution is 2.21. The van der Waals surface area contributed by atoms with Crippen molar-refractivity contribution in [2.24, 2.45) is 0 Å². The van der Waals surface area contributed by atoms with Crippen LogP contribution in [0.5, 0.6) is 11.5 Å². The maximum Gasteiger partial charge on any atom is 0.276 e. The average Bonchev–Trinajstić information content (AvgIpc) is 2.75. The van der Waals surface area contributed by atoms with Crippen molar-refractivity contribution in [1.82, 2.24) is 16.2 Å². The van der Waals surface area contributed by atoms with E-state index in [0.29, 0.717) is 23.0 Å². The first-order chi connectivity index (χ1) is 14.8. The molecule has 166 valence electrons. The van der Waals surface area contributed by atoms with Crippen LogP contribution in [-0.2, 0) is 4.79 Å². The van der Waals surface area contributed by atoms with Crippen LogP contribution >= 0.6 is 12.2 Å². The summed E-state index contributed by atoms with van der Waals surface area (Å²) in [5.41, 5.74) is 6.49. The van der Waals surface area contributed by atoms with Crippen LogP contribution in [-0.4, -0.2) is 29.6 Å². The molecule has 3 N–H and O–H groups in total. The zero-order chi connectivity index (χ0) is 22.8. The predicted octanol–water partition coefficient (Wildman–Crippen LogP) is 3.70. The Balaban J connectivity index is 1.75. The Morgan fingerprint density at radius 1 is 1.00 bits per heavy atom. The van der Waals surface area contributed by atoms with E-state index < -0.39 is 11.8 Å². The fourth-order valence-electron chi connectivity index (χ4n) is 2.63. The van der Waals surface area contributed by atoms with Crippen LogP contribution < -0.4 is 25.6 Å². The van der Waals surface area contributed by atoms with E-state index in [2.05, 4.69) is 30.0 Å². The van der Waals surface area contributed by atoms with Crippen molar-refractivity contribution in [3.63, 3.8) is 0 Å². The highest BCUT2D eigenvalue weighted by atomic mass is 32.1. The molecule has 0 aliphatic rings. The van der Waals surface area contributed by atoms with Gasteiger partial charge in [-0.2, -0.15) is 0 Å². The molecule has 0 heterocycles. The largest absolute Gasteiger partial charge is 0.491 e. The van der Waals surface area contributed by atoms with Crippen molar-refractivity contribution in [1.29, 1.82) is 0 Å². The fourth-order valence-corrected chi connectivity index (χ4v) is 2.77. The Bertz CT molecular complexity index is 900. The number of hydrogen-bond donors (Lipinski definition) is 3. The summed E-state index contributed by atoms with van der Waals surface area (Å²) in [5, 5.41) is 2.46. The zero-order valence-electron chi connectivity index (χ0n) is 18.2. The van der Waals surface area contributed by atoms with E-state index >= 15 is 0 Å². The van der Waals surface area contributed by atoms with Crippen molar-refractivity contribution in [2.75, 3.05) is 6.61 Å². The van der Waals surface area contributed by atoms with Crippen molar-refractivity contribution in [3.8, 4) is 11.5 Å². The maximum absolute atomic E-state index is 12.3. The molecule has 1 unspecified atom stereocenters. The third-order valence-corrected chi connectivity index (χ3v) is 4.65. The molecule has 0 saturated carbocycles. The van der Waals surface area contributed by atoms with Gasteiger partial charge in [0.2, 0.25) is 0 Å². The Morgan fingerprint density at radius 2 is 1.71 bits per heavy atom. The van der Waals surface area contributed by atoms with Gasteiger partial charge in [0.25, 0.3) is 11.8 Å². The molecule has 2 aromatic rings. The van der Waals surface area contributed by atoms with Gasteiger partial charge in [0, 0.05) is 5.56 Å². The second-order valence-corrected chi connectivity index (χ2v) is 7.73. The van der Waals surface area contributed by atoms with Gasteiger partial charge in [0.15, 0.2) is 11.7 Å². The summed E-state index contributed by atoms with van der Waals surface area (Å²) in [5.74, 6) is 0.808. The van der Waals surface area contributed by atoms with Crippen LogP contribution in [0.25, 0.3) is 0 Å². The van der Waals surface area contributed by atoms with E-state index in [4.69, 9.17) is 21.7 Å². The van der Waals surface area contributed by atoms with Crippen molar-refractivity contribution in [3.05, 3.63) is 59.7 Å². The number of carbonyl (C=O) groups excluding carboxylic acids is 2. The number of hydrazine groups is 1. The second-order valence-electron chi connectivity index (χ2n) is 7.32. The average molecular weight is 444 g/mol. The Hall–Kier alpha value is -3.13. The Kier molecular flexibility index (Phi) is 9.27. The minimum atomic E-state index is -0.435. The molecule has 0 aromatic heterocycles. The van der Waals surface area contributed by atoms with E-state index in [0.717, 1.165) is 6.42 Å². The molecule has 7 nitrogen and oxygen atoms in total. The normalized spacial score (nSPS) is 11.4. The van der Waals surface area contributed by atoms with Crippen molar-refractivity contribution >= 4 is 29.1 Å². The van der Waals surface area contributed by atoms with Gasteiger partial charge in [-0.25, -0.2) is 0 Å². The standard InChI is InChI=1S/C23H29N3O4S/c1-5-16(4)17-9-11-19(12-10-17)29-14-21(27)25-26-23(31)24-22(28)18-7-6-8-20(13-18)30-15(2)3/h6-13,15-16H,5,14H2,1-4H3,(H,25,27)(H2,24,26,28,31). The van der Waals surface area contributed by atoms with Gasteiger partial charge in [-0.1, -0.05) is 32.0 Å². The Labute approximate surface area is 188 Å². The minimum Gasteiger partial charge on any atom is -0.491 e. The molecule has 2 rings (SSSR count). The first-order valence-electron chi connectivity index (χ1n) is 10.2. The number of amides is 2. The topological polar surface area (TPSA) is 88.7 Å². The van der Waals surface area contributed by atoms with Crippen LogP contribution in [0.15, 0.2) is 48.5 Å². The molecule has 2 amide bonds. The molecule has 0 aliphatic heterocycles.